The molecular formula is C13H23N5O. The van der Waals surface area contributed by atoms with E-state index in [-0.39, 0.29) is 11.9 Å². The summed E-state index contributed by atoms with van der Waals surface area (Å²) in [7, 11) is 0. The molecule has 1 aromatic rings. The van der Waals surface area contributed by atoms with E-state index in [1.807, 2.05) is 27.7 Å². The smallest absolute Gasteiger partial charge is 0.239 e. The average molecular weight is 265 g/mol. The van der Waals surface area contributed by atoms with Crippen molar-refractivity contribution < 1.29 is 4.79 Å². The number of primary amides is 1. The Morgan fingerprint density at radius 3 is 2.53 bits per heavy atom. The number of aryl methyl sites for hydroxylation is 2. The Hall–Kier alpha value is -1.43. The first-order chi connectivity index (χ1) is 8.85. The van der Waals surface area contributed by atoms with Crippen LogP contribution in [0.5, 0.6) is 0 Å². The monoisotopic (exact) mass is 265 g/mol. The van der Waals surface area contributed by atoms with Gasteiger partial charge in [-0.15, -0.1) is 0 Å². The Labute approximate surface area is 113 Å². The van der Waals surface area contributed by atoms with E-state index in [9.17, 15) is 4.79 Å². The van der Waals surface area contributed by atoms with E-state index < -0.39 is 5.54 Å². The van der Waals surface area contributed by atoms with Crippen LogP contribution in [0.3, 0.4) is 0 Å². The molecule has 1 heterocycles. The third-order valence-electron chi connectivity index (χ3n) is 3.62. The van der Waals surface area contributed by atoms with Gasteiger partial charge in [-0.3, -0.25) is 10.1 Å². The van der Waals surface area contributed by atoms with Gasteiger partial charge in [0.15, 0.2) is 0 Å². The highest BCUT2D eigenvalue weighted by molar-refractivity contribution is 5.85. The van der Waals surface area contributed by atoms with Crippen molar-refractivity contribution in [1.82, 2.24) is 20.1 Å². The third-order valence-corrected chi connectivity index (χ3v) is 3.62. The number of carbonyl (C=O) groups excluding carboxylic acids is 1. The quantitative estimate of drug-likeness (QED) is 0.785. The third kappa shape index (κ3) is 2.78. The molecule has 0 saturated heterocycles. The minimum Gasteiger partial charge on any atom is -0.368 e. The maximum absolute atomic E-state index is 12.1. The number of hydrogen-bond acceptors (Lipinski definition) is 4. The van der Waals surface area contributed by atoms with Crippen LogP contribution in [0, 0.1) is 19.8 Å². The van der Waals surface area contributed by atoms with Crippen LogP contribution < -0.4 is 11.1 Å². The second-order valence-corrected chi connectivity index (χ2v) is 5.77. The van der Waals surface area contributed by atoms with Gasteiger partial charge in [-0.25, -0.2) is 9.67 Å². The van der Waals surface area contributed by atoms with Crippen LogP contribution >= 0.6 is 0 Å². The minimum atomic E-state index is -0.709. The summed E-state index contributed by atoms with van der Waals surface area (Å²) in [4.78, 5) is 16.3. The van der Waals surface area contributed by atoms with Gasteiger partial charge in [-0.05, 0) is 46.5 Å². The van der Waals surface area contributed by atoms with Crippen LogP contribution in [-0.2, 0) is 11.3 Å². The lowest BCUT2D eigenvalue weighted by atomic mass is 9.91. The lowest BCUT2D eigenvalue weighted by molar-refractivity contribution is -0.126. The number of hydrogen-bond donors (Lipinski definition) is 2. The second kappa shape index (κ2) is 4.92. The van der Waals surface area contributed by atoms with Gasteiger partial charge in [0.2, 0.25) is 5.91 Å². The lowest BCUT2D eigenvalue weighted by Crippen LogP contribution is -2.62. The van der Waals surface area contributed by atoms with Gasteiger partial charge in [0, 0.05) is 6.04 Å². The van der Waals surface area contributed by atoms with E-state index in [0.29, 0.717) is 12.5 Å². The normalized spacial score (nSPS) is 18.6. The summed E-state index contributed by atoms with van der Waals surface area (Å²) in [5, 5.41) is 7.73. The van der Waals surface area contributed by atoms with Crippen LogP contribution in [0.4, 0.5) is 0 Å². The maximum Gasteiger partial charge on any atom is 0.239 e. The molecule has 2 rings (SSSR count). The Morgan fingerprint density at radius 1 is 1.53 bits per heavy atom. The van der Waals surface area contributed by atoms with Gasteiger partial charge in [-0.2, -0.15) is 5.10 Å². The number of amides is 1. The fourth-order valence-corrected chi connectivity index (χ4v) is 2.68. The molecule has 1 unspecified atom stereocenters. The molecule has 1 fully saturated rings. The van der Waals surface area contributed by atoms with Crippen molar-refractivity contribution in [2.45, 2.75) is 58.7 Å². The number of nitrogens with two attached hydrogens (primary N) is 1. The van der Waals surface area contributed by atoms with Crippen LogP contribution in [0.1, 0.15) is 38.3 Å². The second-order valence-electron chi connectivity index (χ2n) is 5.77. The highest BCUT2D eigenvalue weighted by Gasteiger charge is 2.50. The summed E-state index contributed by atoms with van der Waals surface area (Å²) < 4.78 is 1.79. The first-order valence-corrected chi connectivity index (χ1v) is 6.81. The fourth-order valence-electron chi connectivity index (χ4n) is 2.68. The number of carbonyl (C=O) groups is 1. The van der Waals surface area contributed by atoms with E-state index in [4.69, 9.17) is 5.73 Å². The average Bonchev–Trinajstić information content (AvgIpc) is 3.05. The Morgan fingerprint density at radius 2 is 2.16 bits per heavy atom. The molecular weight excluding hydrogens is 242 g/mol. The van der Waals surface area contributed by atoms with Crippen LogP contribution in [0.15, 0.2) is 0 Å². The molecule has 3 N–H and O–H groups in total. The van der Waals surface area contributed by atoms with Crippen molar-refractivity contribution in [2.24, 2.45) is 11.7 Å². The molecule has 1 amide bonds. The standard InChI is InChI=1S/C13H23N5O/c1-8(2)16-13(12(14)19,11-5-6-11)7-18-10(4)15-9(3)17-18/h8,11,16H,5-7H2,1-4H3,(H2,14,19). The summed E-state index contributed by atoms with van der Waals surface area (Å²) in [6.07, 6.45) is 2.07. The molecule has 0 aliphatic heterocycles. The molecule has 0 bridgehead atoms. The number of rotatable bonds is 6. The zero-order valence-electron chi connectivity index (χ0n) is 12.1. The summed E-state index contributed by atoms with van der Waals surface area (Å²) >= 11 is 0. The number of nitrogens with zero attached hydrogens (tertiary/aromatic N) is 3. The zero-order valence-corrected chi connectivity index (χ0v) is 12.1. The van der Waals surface area contributed by atoms with Gasteiger partial charge >= 0.3 is 0 Å². The van der Waals surface area contributed by atoms with Gasteiger partial charge < -0.3 is 5.73 Å². The summed E-state index contributed by atoms with van der Waals surface area (Å²) in [5.74, 6) is 1.54. The summed E-state index contributed by atoms with van der Waals surface area (Å²) in [5.41, 5.74) is 4.99. The molecule has 1 atom stereocenters. The van der Waals surface area contributed by atoms with E-state index in [2.05, 4.69) is 15.4 Å². The maximum atomic E-state index is 12.1. The SMILES string of the molecule is Cc1nc(C)n(CC(NC(C)C)(C(N)=O)C2CC2)n1. The molecule has 0 radical (unpaired) electrons. The lowest BCUT2D eigenvalue weighted by Gasteiger charge is -2.34. The van der Waals surface area contributed by atoms with Gasteiger partial charge in [0.05, 0.1) is 6.54 Å². The zero-order chi connectivity index (χ0) is 14.2. The van der Waals surface area contributed by atoms with Crippen molar-refractivity contribution in [1.29, 1.82) is 0 Å². The fraction of sp³-hybridized carbons (Fsp3) is 0.769. The van der Waals surface area contributed by atoms with E-state index in [0.717, 1.165) is 24.5 Å². The van der Waals surface area contributed by atoms with Gasteiger partial charge in [-0.1, -0.05) is 0 Å². The predicted molar refractivity (Wildman–Crippen MR) is 72.4 cm³/mol. The summed E-state index contributed by atoms with van der Waals surface area (Å²) in [6, 6.07) is 0.193. The first-order valence-electron chi connectivity index (χ1n) is 6.81. The highest BCUT2D eigenvalue weighted by atomic mass is 16.1. The van der Waals surface area contributed by atoms with Crippen LogP contribution in [0.25, 0.3) is 0 Å². The van der Waals surface area contributed by atoms with Gasteiger partial charge in [0.1, 0.15) is 17.2 Å². The van der Waals surface area contributed by atoms with E-state index >= 15 is 0 Å². The number of nitrogens with one attached hydrogen (secondary N) is 1. The Balaban J connectivity index is 2.31. The molecule has 0 spiro atoms. The molecule has 6 nitrogen and oxygen atoms in total. The topological polar surface area (TPSA) is 85.8 Å². The van der Waals surface area contributed by atoms with Crippen molar-refractivity contribution in [3.8, 4) is 0 Å². The van der Waals surface area contributed by atoms with Crippen molar-refractivity contribution in [2.75, 3.05) is 0 Å². The molecule has 0 aromatic carbocycles. The minimum absolute atomic E-state index is 0.193. The first kappa shape index (κ1) is 14.0. The largest absolute Gasteiger partial charge is 0.368 e. The van der Waals surface area contributed by atoms with Crippen LogP contribution in [-0.4, -0.2) is 32.3 Å². The van der Waals surface area contributed by atoms with Crippen LogP contribution in [0.2, 0.25) is 0 Å². The molecule has 6 heteroatoms. The molecule has 1 aliphatic rings. The van der Waals surface area contributed by atoms with Gasteiger partial charge in [0.25, 0.3) is 0 Å². The molecule has 19 heavy (non-hydrogen) atoms. The molecule has 1 saturated carbocycles. The van der Waals surface area contributed by atoms with Crippen molar-refractivity contribution in [3.63, 3.8) is 0 Å². The predicted octanol–water partition coefficient (Wildman–Crippen LogP) is 0.527. The molecule has 1 aliphatic carbocycles. The van der Waals surface area contributed by atoms with Crippen molar-refractivity contribution in [3.05, 3.63) is 11.6 Å². The summed E-state index contributed by atoms with van der Waals surface area (Å²) in [6.45, 7) is 8.26. The highest BCUT2D eigenvalue weighted by Crippen LogP contribution is 2.41. The Kier molecular flexibility index (Phi) is 3.62. The van der Waals surface area contributed by atoms with Crippen molar-refractivity contribution >= 4 is 5.91 Å². The number of aromatic nitrogens is 3. The molecule has 106 valence electrons. The Bertz CT molecular complexity index is 477. The molecule has 1 aromatic heterocycles. The van der Waals surface area contributed by atoms with E-state index in [1.54, 1.807) is 4.68 Å². The van der Waals surface area contributed by atoms with E-state index in [1.165, 1.54) is 0 Å².